The van der Waals surface area contributed by atoms with Crippen LogP contribution >= 0.6 is 0 Å². The van der Waals surface area contributed by atoms with Gasteiger partial charge in [0.05, 0.1) is 0 Å². The Hall–Kier alpha value is -1.55. The molecular weight excluding hydrogens is 304 g/mol. The van der Waals surface area contributed by atoms with Gasteiger partial charge in [0, 0.05) is 17.4 Å². The first-order valence-electron chi connectivity index (χ1n) is 8.61. The summed E-state index contributed by atoms with van der Waals surface area (Å²) in [6.45, 7) is 12.7. The first-order chi connectivity index (χ1) is 11.0. The number of ketones is 1. The Morgan fingerprint density at radius 1 is 1.08 bits per heavy atom. The molecule has 4 nitrogen and oxygen atoms in total. The molecule has 24 heavy (non-hydrogen) atoms. The van der Waals surface area contributed by atoms with Gasteiger partial charge in [-0.25, -0.2) is 0 Å². The van der Waals surface area contributed by atoms with E-state index in [0.717, 1.165) is 24.2 Å². The van der Waals surface area contributed by atoms with Gasteiger partial charge in [-0.3, -0.25) is 4.79 Å². The molecule has 1 aromatic carbocycles. The monoisotopic (exact) mass is 334 g/mol. The number of benzene rings is 1. The van der Waals surface area contributed by atoms with E-state index in [4.69, 9.17) is 9.47 Å². The summed E-state index contributed by atoms with van der Waals surface area (Å²) in [6, 6.07) is 5.20. The van der Waals surface area contributed by atoms with Gasteiger partial charge in [-0.1, -0.05) is 27.7 Å². The minimum atomic E-state index is -0.604. The molecule has 0 bridgehead atoms. The summed E-state index contributed by atoms with van der Waals surface area (Å²) in [5.41, 5.74) is -0.661. The van der Waals surface area contributed by atoms with Crippen LogP contribution in [0.25, 0.3) is 0 Å². The lowest BCUT2D eigenvalue weighted by atomic mass is 9.58. The molecule has 1 N–H and O–H groups in total. The Kier molecular flexibility index (Phi) is 5.01. The van der Waals surface area contributed by atoms with E-state index in [1.54, 1.807) is 12.1 Å². The number of fused-ring (bicyclic) bond motifs is 1. The number of hydrogen-bond donors (Lipinski definition) is 1. The molecule has 0 saturated heterocycles. The number of phenols is 1. The predicted molar refractivity (Wildman–Crippen MR) is 94.5 cm³/mol. The zero-order valence-electron chi connectivity index (χ0n) is 15.7. The van der Waals surface area contributed by atoms with Crippen molar-refractivity contribution in [3.8, 4) is 11.5 Å². The summed E-state index contributed by atoms with van der Waals surface area (Å²) >= 11 is 0. The summed E-state index contributed by atoms with van der Waals surface area (Å²) in [4.78, 5) is 12.7. The van der Waals surface area contributed by atoms with E-state index >= 15 is 0 Å². The van der Waals surface area contributed by atoms with Gasteiger partial charge in [0.25, 0.3) is 0 Å². The highest BCUT2D eigenvalue weighted by atomic mass is 16.5. The number of phenolic OH excluding ortho intramolecular Hbond substituents is 1. The lowest BCUT2D eigenvalue weighted by molar-refractivity contribution is -0.150. The Bertz CT molecular complexity index is 614. The van der Waals surface area contributed by atoms with Crippen LogP contribution in [0.1, 0.15) is 53.5 Å². The van der Waals surface area contributed by atoms with Crippen LogP contribution in [-0.2, 0) is 16.0 Å². The predicted octanol–water partition coefficient (Wildman–Crippen LogP) is 4.13. The first-order valence-corrected chi connectivity index (χ1v) is 8.61. The minimum absolute atomic E-state index is 0.0932. The number of ether oxygens (including phenoxy) is 2. The molecule has 0 fully saturated rings. The molecule has 1 aromatic rings. The van der Waals surface area contributed by atoms with E-state index in [1.165, 1.54) is 0 Å². The molecule has 0 amide bonds. The molecule has 0 unspecified atom stereocenters. The molecule has 1 aliphatic rings. The van der Waals surface area contributed by atoms with Crippen LogP contribution in [-0.4, -0.2) is 29.7 Å². The largest absolute Gasteiger partial charge is 0.508 e. The molecule has 1 aliphatic heterocycles. The molecule has 2 rings (SSSR count). The Morgan fingerprint density at radius 3 is 2.42 bits per heavy atom. The molecule has 0 spiro atoms. The molecule has 1 heterocycles. The molecule has 0 aromatic heterocycles. The topological polar surface area (TPSA) is 55.8 Å². The Morgan fingerprint density at radius 2 is 1.75 bits per heavy atom. The van der Waals surface area contributed by atoms with Gasteiger partial charge in [-0.05, 0) is 50.5 Å². The van der Waals surface area contributed by atoms with Gasteiger partial charge in [-0.15, -0.1) is 0 Å². The summed E-state index contributed by atoms with van der Waals surface area (Å²) in [5, 5.41) is 9.80. The highest BCUT2D eigenvalue weighted by Gasteiger charge is 2.53. The second-order valence-electron chi connectivity index (χ2n) is 8.23. The molecule has 0 radical (unpaired) electrons. The summed E-state index contributed by atoms with van der Waals surface area (Å²) in [7, 11) is 0. The van der Waals surface area contributed by atoms with E-state index < -0.39 is 16.4 Å². The quantitative estimate of drug-likeness (QED) is 0.775. The number of hydrogen-bond acceptors (Lipinski definition) is 4. The van der Waals surface area contributed by atoms with E-state index in [9.17, 15) is 9.90 Å². The van der Waals surface area contributed by atoms with Crippen molar-refractivity contribution in [3.05, 3.63) is 23.8 Å². The van der Waals surface area contributed by atoms with Crippen LogP contribution in [0.3, 0.4) is 0 Å². The van der Waals surface area contributed by atoms with Crippen LogP contribution in [0, 0.1) is 10.8 Å². The highest BCUT2D eigenvalue weighted by Crippen LogP contribution is 2.49. The standard InChI is InChI=1S/C20H30O4/c1-18(2)17(22)13-23-11-7-8-14-12-15(21)9-10-16(14)24-20(5,6)19(18,3)4/h9-10,12,21H,7-8,11,13H2,1-6H3. The minimum Gasteiger partial charge on any atom is -0.508 e. The highest BCUT2D eigenvalue weighted by molar-refractivity contribution is 5.86. The average molecular weight is 334 g/mol. The lowest BCUT2D eigenvalue weighted by Crippen LogP contribution is -2.56. The van der Waals surface area contributed by atoms with Crippen LogP contribution < -0.4 is 4.74 Å². The second-order valence-corrected chi connectivity index (χ2v) is 8.23. The van der Waals surface area contributed by atoms with Crippen molar-refractivity contribution in [1.29, 1.82) is 0 Å². The zero-order valence-corrected chi connectivity index (χ0v) is 15.7. The van der Waals surface area contributed by atoms with Crippen LogP contribution in [0.15, 0.2) is 18.2 Å². The fourth-order valence-electron chi connectivity index (χ4n) is 3.07. The number of rotatable bonds is 0. The van der Waals surface area contributed by atoms with E-state index in [0.29, 0.717) is 6.61 Å². The molecule has 0 aliphatic carbocycles. The maximum Gasteiger partial charge on any atom is 0.164 e. The average Bonchev–Trinajstić information content (AvgIpc) is 2.47. The van der Waals surface area contributed by atoms with Gasteiger partial charge >= 0.3 is 0 Å². The zero-order chi connectivity index (χ0) is 18.2. The first kappa shape index (κ1) is 18.8. The molecule has 0 saturated carbocycles. The number of carbonyl (C=O) groups is 1. The van der Waals surface area contributed by atoms with Crippen molar-refractivity contribution in [2.24, 2.45) is 10.8 Å². The van der Waals surface area contributed by atoms with E-state index in [2.05, 4.69) is 13.8 Å². The lowest BCUT2D eigenvalue weighted by Gasteiger charge is -2.50. The molecule has 4 heteroatoms. The van der Waals surface area contributed by atoms with Gasteiger partial charge in [0.1, 0.15) is 23.7 Å². The number of carbonyl (C=O) groups excluding carboxylic acids is 1. The number of aromatic hydroxyl groups is 1. The summed E-state index contributed by atoms with van der Waals surface area (Å²) in [5.74, 6) is 1.09. The van der Waals surface area contributed by atoms with Gasteiger partial charge in [-0.2, -0.15) is 0 Å². The van der Waals surface area contributed by atoms with Gasteiger partial charge in [0.2, 0.25) is 0 Å². The van der Waals surface area contributed by atoms with E-state index in [1.807, 2.05) is 33.8 Å². The Balaban J connectivity index is 2.49. The molecular formula is C20H30O4. The van der Waals surface area contributed by atoms with Crippen molar-refractivity contribution >= 4 is 5.78 Å². The number of aryl methyl sites for hydroxylation is 1. The molecule has 0 atom stereocenters. The third-order valence-electron chi connectivity index (χ3n) is 6.14. The van der Waals surface area contributed by atoms with Crippen molar-refractivity contribution in [3.63, 3.8) is 0 Å². The van der Waals surface area contributed by atoms with Crippen LogP contribution in [0.2, 0.25) is 0 Å². The number of Topliss-reactive ketones (excluding diaryl/α,β-unsaturated/α-hetero) is 1. The second kappa shape index (κ2) is 6.40. The summed E-state index contributed by atoms with van der Waals surface area (Å²) in [6.07, 6.45) is 1.51. The third-order valence-corrected chi connectivity index (χ3v) is 6.14. The van der Waals surface area contributed by atoms with Crippen molar-refractivity contribution in [2.75, 3.05) is 13.2 Å². The van der Waals surface area contributed by atoms with Crippen molar-refractivity contribution in [1.82, 2.24) is 0 Å². The van der Waals surface area contributed by atoms with E-state index in [-0.39, 0.29) is 18.1 Å². The SMILES string of the molecule is CC1(C)Oc2ccc(O)cc2CCCOCC(=O)C(C)(C)C1(C)C. The maximum atomic E-state index is 12.7. The van der Waals surface area contributed by atoms with Crippen LogP contribution in [0.4, 0.5) is 0 Å². The van der Waals surface area contributed by atoms with Gasteiger partial charge in [0.15, 0.2) is 5.78 Å². The smallest absolute Gasteiger partial charge is 0.164 e. The van der Waals surface area contributed by atoms with Gasteiger partial charge < -0.3 is 14.6 Å². The van der Waals surface area contributed by atoms with Crippen molar-refractivity contribution in [2.45, 2.75) is 60.0 Å². The normalized spacial score (nSPS) is 23.3. The fourth-order valence-corrected chi connectivity index (χ4v) is 3.07. The molecule has 134 valence electrons. The maximum absolute atomic E-state index is 12.7. The van der Waals surface area contributed by atoms with Crippen molar-refractivity contribution < 1.29 is 19.4 Å². The fraction of sp³-hybridized carbons (Fsp3) is 0.650. The Labute approximate surface area is 145 Å². The van der Waals surface area contributed by atoms with Crippen LogP contribution in [0.5, 0.6) is 11.5 Å². The third kappa shape index (κ3) is 3.30. The summed E-state index contributed by atoms with van der Waals surface area (Å²) < 4.78 is 12.0.